The topological polar surface area (TPSA) is 104 Å². The fourth-order valence-corrected chi connectivity index (χ4v) is 2.00. The van der Waals surface area contributed by atoms with Crippen LogP contribution in [-0.2, 0) is 4.74 Å². The van der Waals surface area contributed by atoms with Crippen LogP contribution in [0.25, 0.3) is 0 Å². The number of furan rings is 1. The van der Waals surface area contributed by atoms with Gasteiger partial charge in [0.2, 0.25) is 0 Å². The molecule has 0 saturated carbocycles. The summed E-state index contributed by atoms with van der Waals surface area (Å²) < 4.78 is 15.3. The van der Waals surface area contributed by atoms with E-state index in [1.807, 2.05) is 12.1 Å². The van der Waals surface area contributed by atoms with Crippen LogP contribution in [0.3, 0.4) is 0 Å². The molecule has 0 bridgehead atoms. The molecule has 0 spiro atoms. The number of nitrogens with zero attached hydrogens (tertiary/aromatic N) is 1. The largest absolute Gasteiger partial charge is 0.497 e. The second kappa shape index (κ2) is 7.41. The molecule has 8 heteroatoms. The van der Waals surface area contributed by atoms with Gasteiger partial charge >= 0.3 is 5.88 Å². The first-order chi connectivity index (χ1) is 11.0. The summed E-state index contributed by atoms with van der Waals surface area (Å²) in [5.41, 5.74) is 0.831. The molecule has 0 fully saturated rings. The third-order valence-electron chi connectivity index (χ3n) is 3.19. The maximum absolute atomic E-state index is 11.9. The Morgan fingerprint density at radius 2 is 2.13 bits per heavy atom. The number of carbonyl (C=O) groups is 1. The number of nitrogens with one attached hydrogen (secondary N) is 1. The zero-order valence-electron chi connectivity index (χ0n) is 12.6. The minimum absolute atomic E-state index is 0.128. The molecule has 0 aliphatic rings. The van der Waals surface area contributed by atoms with Crippen LogP contribution in [0.15, 0.2) is 40.8 Å². The molecule has 0 saturated heterocycles. The predicted octanol–water partition coefficient (Wildman–Crippen LogP) is 2.31. The van der Waals surface area contributed by atoms with Crippen molar-refractivity contribution in [2.24, 2.45) is 0 Å². The summed E-state index contributed by atoms with van der Waals surface area (Å²) in [6.45, 7) is 0.178. The molecule has 8 nitrogen and oxygen atoms in total. The van der Waals surface area contributed by atoms with E-state index in [9.17, 15) is 14.9 Å². The summed E-state index contributed by atoms with van der Waals surface area (Å²) >= 11 is 0. The van der Waals surface area contributed by atoms with Crippen LogP contribution >= 0.6 is 0 Å². The molecule has 1 amide bonds. The lowest BCUT2D eigenvalue weighted by atomic mass is 10.1. The van der Waals surface area contributed by atoms with Crippen molar-refractivity contribution in [1.82, 2.24) is 5.32 Å². The van der Waals surface area contributed by atoms with Gasteiger partial charge in [0.15, 0.2) is 5.76 Å². The Morgan fingerprint density at radius 3 is 2.74 bits per heavy atom. The Bertz CT molecular complexity index is 697. The maximum atomic E-state index is 11.9. The molecular formula is C15H16N2O6. The molecule has 2 rings (SSSR count). The van der Waals surface area contributed by atoms with Crippen molar-refractivity contribution in [2.45, 2.75) is 6.10 Å². The third kappa shape index (κ3) is 4.07. The van der Waals surface area contributed by atoms with E-state index in [1.165, 1.54) is 13.2 Å². The lowest BCUT2D eigenvalue weighted by Gasteiger charge is -2.16. The summed E-state index contributed by atoms with van der Waals surface area (Å²) in [7, 11) is 3.08. The first-order valence-corrected chi connectivity index (χ1v) is 6.74. The van der Waals surface area contributed by atoms with Gasteiger partial charge in [-0.25, -0.2) is 0 Å². The van der Waals surface area contributed by atoms with Crippen molar-refractivity contribution in [3.63, 3.8) is 0 Å². The van der Waals surface area contributed by atoms with Crippen molar-refractivity contribution >= 4 is 11.8 Å². The van der Waals surface area contributed by atoms with Gasteiger partial charge in [0.05, 0.1) is 19.3 Å². The third-order valence-corrected chi connectivity index (χ3v) is 3.19. The number of rotatable bonds is 7. The molecule has 122 valence electrons. The maximum Gasteiger partial charge on any atom is 0.433 e. The molecule has 0 radical (unpaired) electrons. The van der Waals surface area contributed by atoms with Crippen molar-refractivity contribution < 1.29 is 23.6 Å². The van der Waals surface area contributed by atoms with Crippen molar-refractivity contribution in [2.75, 3.05) is 20.8 Å². The number of hydrogen-bond donors (Lipinski definition) is 1. The van der Waals surface area contributed by atoms with Crippen LogP contribution in [0.4, 0.5) is 5.88 Å². The molecule has 1 N–H and O–H groups in total. The van der Waals surface area contributed by atoms with Gasteiger partial charge in [0.1, 0.15) is 10.7 Å². The van der Waals surface area contributed by atoms with E-state index in [2.05, 4.69) is 5.32 Å². The standard InChI is InChI=1S/C15H16N2O6/c1-21-11-5-3-4-10(8-11)13(22-2)9-16-15(18)12-6-7-14(23-12)17(19)20/h3-8,13H,9H2,1-2H3,(H,16,18). The minimum Gasteiger partial charge on any atom is -0.497 e. The lowest BCUT2D eigenvalue weighted by molar-refractivity contribution is -0.402. The van der Waals surface area contributed by atoms with E-state index in [0.717, 1.165) is 11.6 Å². The highest BCUT2D eigenvalue weighted by atomic mass is 16.6. The molecule has 1 aromatic carbocycles. The van der Waals surface area contributed by atoms with Crippen molar-refractivity contribution in [1.29, 1.82) is 0 Å². The van der Waals surface area contributed by atoms with Gasteiger partial charge < -0.3 is 19.2 Å². The molecule has 2 aromatic rings. The molecular weight excluding hydrogens is 304 g/mol. The quantitative estimate of drug-likeness (QED) is 0.620. The zero-order chi connectivity index (χ0) is 16.8. The molecule has 1 atom stereocenters. The Morgan fingerprint density at radius 1 is 1.35 bits per heavy atom. The average Bonchev–Trinajstić information content (AvgIpc) is 3.06. The van der Waals surface area contributed by atoms with E-state index in [-0.39, 0.29) is 18.4 Å². The SMILES string of the molecule is COc1cccc(C(CNC(=O)c2ccc([N+](=O)[O-])o2)OC)c1. The van der Waals surface area contributed by atoms with Crippen LogP contribution in [0.5, 0.6) is 5.75 Å². The zero-order valence-corrected chi connectivity index (χ0v) is 12.6. The Labute approximate surface area is 132 Å². The number of amides is 1. The lowest BCUT2D eigenvalue weighted by Crippen LogP contribution is -2.28. The van der Waals surface area contributed by atoms with E-state index in [1.54, 1.807) is 19.2 Å². The van der Waals surface area contributed by atoms with E-state index < -0.39 is 16.7 Å². The number of hydrogen-bond acceptors (Lipinski definition) is 6. The second-order valence-corrected chi connectivity index (χ2v) is 4.61. The van der Waals surface area contributed by atoms with Crippen LogP contribution in [0.2, 0.25) is 0 Å². The molecule has 1 heterocycles. The number of carbonyl (C=O) groups excluding carboxylic acids is 1. The molecule has 1 aromatic heterocycles. The van der Waals surface area contributed by atoms with Gasteiger partial charge in [-0.05, 0) is 23.8 Å². The first kappa shape index (κ1) is 16.5. The Hall–Kier alpha value is -2.87. The number of nitro groups is 1. The highest BCUT2D eigenvalue weighted by Gasteiger charge is 2.19. The van der Waals surface area contributed by atoms with Gasteiger partial charge in [-0.3, -0.25) is 14.9 Å². The van der Waals surface area contributed by atoms with Crippen molar-refractivity contribution in [3.8, 4) is 5.75 Å². The van der Waals surface area contributed by atoms with Gasteiger partial charge in [0, 0.05) is 13.7 Å². The molecule has 0 aliphatic heterocycles. The molecule has 23 heavy (non-hydrogen) atoms. The summed E-state index contributed by atoms with van der Waals surface area (Å²) in [6.07, 6.45) is -0.390. The van der Waals surface area contributed by atoms with Gasteiger partial charge in [0.25, 0.3) is 5.91 Å². The van der Waals surface area contributed by atoms with Crippen LogP contribution < -0.4 is 10.1 Å². The summed E-state index contributed by atoms with van der Waals surface area (Å²) in [4.78, 5) is 21.8. The smallest absolute Gasteiger partial charge is 0.433 e. The Kier molecular flexibility index (Phi) is 5.32. The second-order valence-electron chi connectivity index (χ2n) is 4.61. The number of methoxy groups -OCH3 is 2. The van der Waals surface area contributed by atoms with E-state index in [4.69, 9.17) is 13.9 Å². The summed E-state index contributed by atoms with van der Waals surface area (Å²) in [5, 5.41) is 13.2. The average molecular weight is 320 g/mol. The normalized spacial score (nSPS) is 11.7. The number of benzene rings is 1. The highest BCUT2D eigenvalue weighted by molar-refractivity contribution is 5.91. The highest BCUT2D eigenvalue weighted by Crippen LogP contribution is 2.21. The van der Waals surface area contributed by atoms with Crippen LogP contribution in [0.1, 0.15) is 22.2 Å². The summed E-state index contributed by atoms with van der Waals surface area (Å²) in [6, 6.07) is 9.65. The molecule has 0 aliphatic carbocycles. The number of ether oxygens (including phenoxy) is 2. The first-order valence-electron chi connectivity index (χ1n) is 6.74. The fourth-order valence-electron chi connectivity index (χ4n) is 2.00. The van der Waals surface area contributed by atoms with Gasteiger partial charge in [-0.1, -0.05) is 12.1 Å². The van der Waals surface area contributed by atoms with E-state index >= 15 is 0 Å². The van der Waals surface area contributed by atoms with Crippen LogP contribution in [0, 0.1) is 10.1 Å². The summed E-state index contributed by atoms with van der Waals surface area (Å²) in [5.74, 6) is -0.482. The van der Waals surface area contributed by atoms with Crippen molar-refractivity contribution in [3.05, 3.63) is 57.8 Å². The Balaban J connectivity index is 2.01. The van der Waals surface area contributed by atoms with E-state index in [0.29, 0.717) is 5.75 Å². The minimum atomic E-state index is -0.703. The monoisotopic (exact) mass is 320 g/mol. The van der Waals surface area contributed by atoms with Crippen LogP contribution in [-0.4, -0.2) is 31.6 Å². The fraction of sp³-hybridized carbons (Fsp3) is 0.267. The van der Waals surface area contributed by atoms with Gasteiger partial charge in [-0.2, -0.15) is 0 Å². The molecule has 1 unspecified atom stereocenters. The predicted molar refractivity (Wildman–Crippen MR) is 80.4 cm³/mol. The van der Waals surface area contributed by atoms with Gasteiger partial charge in [-0.15, -0.1) is 0 Å².